The van der Waals surface area contributed by atoms with Gasteiger partial charge >= 0.3 is 0 Å². The van der Waals surface area contributed by atoms with Crippen LogP contribution in [-0.2, 0) is 11.2 Å². The van der Waals surface area contributed by atoms with Crippen LogP contribution < -0.4 is 0 Å². The van der Waals surface area contributed by atoms with Crippen LogP contribution in [0.1, 0.15) is 25.3 Å². The van der Waals surface area contributed by atoms with E-state index in [-0.39, 0.29) is 11.2 Å². The van der Waals surface area contributed by atoms with Crippen molar-refractivity contribution in [3.8, 4) is 0 Å². The number of hydrogen-bond acceptors (Lipinski definition) is 4. The molecule has 3 aromatic rings. The largest absolute Gasteiger partial charge is 0.342 e. The molecule has 8 heteroatoms. The summed E-state index contributed by atoms with van der Waals surface area (Å²) in [6, 6.07) is 12.2. The summed E-state index contributed by atoms with van der Waals surface area (Å²) in [4.78, 5) is 14.9. The fourth-order valence-electron chi connectivity index (χ4n) is 3.75. The number of benzene rings is 1. The molecule has 0 aliphatic carbocycles. The Morgan fingerprint density at radius 2 is 1.93 bits per heavy atom. The summed E-state index contributed by atoms with van der Waals surface area (Å²) in [6.07, 6.45) is 4.88. The molecule has 1 amide bonds. The zero-order valence-corrected chi connectivity index (χ0v) is 18.4. The number of aromatic nitrogens is 3. The summed E-state index contributed by atoms with van der Waals surface area (Å²) >= 11 is 13.7. The maximum Gasteiger partial charge on any atom is 0.235 e. The van der Waals surface area contributed by atoms with Gasteiger partial charge in [0, 0.05) is 19.3 Å². The van der Waals surface area contributed by atoms with Gasteiger partial charge in [0.15, 0.2) is 10.8 Å². The first-order valence-corrected chi connectivity index (χ1v) is 11.3. The summed E-state index contributed by atoms with van der Waals surface area (Å²) < 4.78 is 1.74. The van der Waals surface area contributed by atoms with Crippen LogP contribution in [0.4, 0.5) is 0 Å². The van der Waals surface area contributed by atoms with Gasteiger partial charge in [0.25, 0.3) is 0 Å². The monoisotopic (exact) mass is 448 g/mol. The zero-order chi connectivity index (χ0) is 20.4. The Labute approximate surface area is 184 Å². The van der Waals surface area contributed by atoms with Crippen LogP contribution in [0.15, 0.2) is 47.8 Å². The van der Waals surface area contributed by atoms with E-state index in [1.165, 1.54) is 17.3 Å². The van der Waals surface area contributed by atoms with Crippen molar-refractivity contribution >= 4 is 46.5 Å². The molecule has 0 saturated carbocycles. The highest BCUT2D eigenvalue weighted by Crippen LogP contribution is 2.29. The Hall–Kier alpha value is -1.76. The fraction of sp³-hybridized carbons (Fsp3) is 0.381. The summed E-state index contributed by atoms with van der Waals surface area (Å²) in [5.74, 6) is 0.771. The smallest absolute Gasteiger partial charge is 0.235 e. The first kappa shape index (κ1) is 20.5. The predicted octanol–water partition coefficient (Wildman–Crippen LogP) is 5.00. The second-order valence-electron chi connectivity index (χ2n) is 7.40. The van der Waals surface area contributed by atoms with Gasteiger partial charge in [-0.2, -0.15) is 0 Å². The minimum Gasteiger partial charge on any atom is -0.342 e. The standard InChI is InChI=1S/C21H22Cl2N4OS/c1-14(29-21-25-24-19-18(23)12-17(22)13-27(19)21)20(28)26-9-7-16(8-10-26)11-15-5-3-2-4-6-15/h2-6,12-14,16H,7-11H2,1H3. The molecule has 1 fully saturated rings. The first-order chi connectivity index (χ1) is 14.0. The molecule has 0 bridgehead atoms. The Kier molecular flexibility index (Phi) is 6.32. The van der Waals surface area contributed by atoms with E-state index < -0.39 is 0 Å². The molecule has 4 rings (SSSR count). The van der Waals surface area contributed by atoms with Crippen LogP contribution in [0, 0.1) is 5.92 Å². The highest BCUT2D eigenvalue weighted by Gasteiger charge is 2.27. The quantitative estimate of drug-likeness (QED) is 0.515. The SMILES string of the molecule is CC(Sc1nnc2c(Cl)cc(Cl)cn12)C(=O)N1CCC(Cc2ccccc2)CC1. The highest BCUT2D eigenvalue weighted by molar-refractivity contribution is 8.00. The van der Waals surface area contributed by atoms with E-state index >= 15 is 0 Å². The Morgan fingerprint density at radius 3 is 2.66 bits per heavy atom. The molecule has 152 valence electrons. The molecule has 1 aromatic carbocycles. The second kappa shape index (κ2) is 8.94. The van der Waals surface area contributed by atoms with Crippen molar-refractivity contribution in [1.29, 1.82) is 0 Å². The summed E-state index contributed by atoms with van der Waals surface area (Å²) in [5, 5.41) is 9.60. The first-order valence-electron chi connectivity index (χ1n) is 9.70. The maximum absolute atomic E-state index is 13.0. The molecule has 1 atom stereocenters. The maximum atomic E-state index is 13.0. The number of nitrogens with zero attached hydrogens (tertiary/aromatic N) is 4. The molecular formula is C21H22Cl2N4OS. The van der Waals surface area contributed by atoms with Crippen molar-refractivity contribution in [3.63, 3.8) is 0 Å². The van der Waals surface area contributed by atoms with Gasteiger partial charge in [-0.15, -0.1) is 10.2 Å². The van der Waals surface area contributed by atoms with Gasteiger partial charge < -0.3 is 4.90 Å². The zero-order valence-electron chi connectivity index (χ0n) is 16.1. The Morgan fingerprint density at radius 1 is 1.21 bits per heavy atom. The van der Waals surface area contributed by atoms with Gasteiger partial charge in [0.2, 0.25) is 5.91 Å². The van der Waals surface area contributed by atoms with Crippen LogP contribution >= 0.6 is 35.0 Å². The Bertz CT molecular complexity index is 1000. The van der Waals surface area contributed by atoms with E-state index in [9.17, 15) is 4.79 Å². The highest BCUT2D eigenvalue weighted by atomic mass is 35.5. The lowest BCUT2D eigenvalue weighted by Crippen LogP contribution is -2.42. The lowest BCUT2D eigenvalue weighted by Gasteiger charge is -2.33. The summed E-state index contributed by atoms with van der Waals surface area (Å²) in [7, 11) is 0. The molecule has 0 spiro atoms. The molecule has 1 aliphatic rings. The number of carbonyl (C=O) groups excluding carboxylic acids is 1. The van der Waals surface area contributed by atoms with Crippen molar-refractivity contribution in [2.75, 3.05) is 13.1 Å². The number of hydrogen-bond donors (Lipinski definition) is 0. The van der Waals surface area contributed by atoms with Gasteiger partial charge in [0.05, 0.1) is 15.3 Å². The molecular weight excluding hydrogens is 427 g/mol. The second-order valence-corrected chi connectivity index (χ2v) is 9.55. The number of amides is 1. The van der Waals surface area contributed by atoms with E-state index in [0.29, 0.717) is 26.8 Å². The van der Waals surface area contributed by atoms with E-state index in [1.54, 1.807) is 16.7 Å². The third-order valence-corrected chi connectivity index (χ3v) is 6.85. The van der Waals surface area contributed by atoms with Crippen LogP contribution in [-0.4, -0.2) is 43.7 Å². The van der Waals surface area contributed by atoms with Gasteiger partial charge in [-0.1, -0.05) is 65.3 Å². The third-order valence-electron chi connectivity index (χ3n) is 5.32. The molecule has 1 aliphatic heterocycles. The van der Waals surface area contributed by atoms with Crippen molar-refractivity contribution < 1.29 is 4.79 Å². The Balaban J connectivity index is 1.36. The van der Waals surface area contributed by atoms with Gasteiger partial charge in [-0.25, -0.2) is 0 Å². The average molecular weight is 449 g/mol. The fourth-order valence-corrected chi connectivity index (χ4v) is 5.17. The van der Waals surface area contributed by atoms with E-state index in [2.05, 4.69) is 34.5 Å². The number of halogens is 2. The molecule has 29 heavy (non-hydrogen) atoms. The minimum atomic E-state index is -0.258. The van der Waals surface area contributed by atoms with Crippen LogP contribution in [0.25, 0.3) is 5.65 Å². The molecule has 1 saturated heterocycles. The lowest BCUT2D eigenvalue weighted by atomic mass is 9.90. The lowest BCUT2D eigenvalue weighted by molar-refractivity contribution is -0.131. The van der Waals surface area contributed by atoms with Crippen molar-refractivity contribution in [2.45, 2.75) is 36.6 Å². The number of fused-ring (bicyclic) bond motifs is 1. The molecule has 3 heterocycles. The molecule has 2 aromatic heterocycles. The van der Waals surface area contributed by atoms with Gasteiger partial charge in [0.1, 0.15) is 0 Å². The van der Waals surface area contributed by atoms with E-state index in [4.69, 9.17) is 23.2 Å². The number of thioether (sulfide) groups is 1. The predicted molar refractivity (Wildman–Crippen MR) is 118 cm³/mol. The van der Waals surface area contributed by atoms with Crippen LogP contribution in [0.5, 0.6) is 0 Å². The number of likely N-dealkylation sites (tertiary alicyclic amines) is 1. The average Bonchev–Trinajstić information content (AvgIpc) is 3.11. The van der Waals surface area contributed by atoms with E-state index in [0.717, 1.165) is 32.4 Å². The normalized spacial score (nSPS) is 16.3. The summed E-state index contributed by atoms with van der Waals surface area (Å²) in [6.45, 7) is 3.52. The molecule has 5 nitrogen and oxygen atoms in total. The van der Waals surface area contributed by atoms with Gasteiger partial charge in [-0.05, 0) is 43.7 Å². The number of rotatable bonds is 5. The van der Waals surface area contributed by atoms with Gasteiger partial charge in [-0.3, -0.25) is 9.20 Å². The topological polar surface area (TPSA) is 50.5 Å². The van der Waals surface area contributed by atoms with Crippen molar-refractivity contribution in [1.82, 2.24) is 19.5 Å². The molecule has 1 unspecified atom stereocenters. The minimum absolute atomic E-state index is 0.137. The van der Waals surface area contributed by atoms with Crippen molar-refractivity contribution in [3.05, 3.63) is 58.2 Å². The molecule has 0 radical (unpaired) electrons. The number of carbonyl (C=O) groups is 1. The van der Waals surface area contributed by atoms with E-state index in [1.807, 2.05) is 17.9 Å². The van der Waals surface area contributed by atoms with Crippen molar-refractivity contribution in [2.24, 2.45) is 5.92 Å². The number of piperidine rings is 1. The van der Waals surface area contributed by atoms with Crippen LogP contribution in [0.2, 0.25) is 10.0 Å². The molecule has 0 N–H and O–H groups in total. The number of pyridine rings is 1. The summed E-state index contributed by atoms with van der Waals surface area (Å²) in [5.41, 5.74) is 1.91. The third kappa shape index (κ3) is 4.71. The van der Waals surface area contributed by atoms with Crippen LogP contribution in [0.3, 0.4) is 0 Å².